The minimum Gasteiger partial charge on any atom is -0.264 e. The van der Waals surface area contributed by atoms with E-state index in [2.05, 4.69) is 15.0 Å². The first-order valence-electron chi connectivity index (χ1n) is 5.95. The van der Waals surface area contributed by atoms with Crippen LogP contribution in [0.3, 0.4) is 0 Å². The Kier molecular flexibility index (Phi) is 3.42. The Morgan fingerprint density at radius 1 is 1.00 bits per heavy atom. The summed E-state index contributed by atoms with van der Waals surface area (Å²) >= 11 is 0.959. The smallest absolute Gasteiger partial charge is 0.264 e. The standard InChI is InChI=1S/C14H8F3N3S/c15-14(16,17)12-11(10-5-1-2-7-19-10)21-13(20-12)9-4-3-6-18-8-9/h1-8H. The lowest BCUT2D eigenvalue weighted by molar-refractivity contribution is -0.140. The summed E-state index contributed by atoms with van der Waals surface area (Å²) in [6.45, 7) is 0. The van der Waals surface area contributed by atoms with Crippen molar-refractivity contribution >= 4 is 11.3 Å². The fourth-order valence-corrected chi connectivity index (χ4v) is 2.85. The van der Waals surface area contributed by atoms with Crippen molar-refractivity contribution in [2.24, 2.45) is 0 Å². The minimum absolute atomic E-state index is 0.0157. The Labute approximate surface area is 122 Å². The third kappa shape index (κ3) is 2.78. The Morgan fingerprint density at radius 3 is 2.48 bits per heavy atom. The van der Waals surface area contributed by atoms with Gasteiger partial charge in [0.2, 0.25) is 0 Å². The van der Waals surface area contributed by atoms with E-state index in [9.17, 15) is 13.2 Å². The molecule has 3 aromatic heterocycles. The van der Waals surface area contributed by atoms with E-state index in [0.29, 0.717) is 5.56 Å². The first-order chi connectivity index (χ1) is 10.1. The molecule has 0 radical (unpaired) electrons. The van der Waals surface area contributed by atoms with E-state index in [1.54, 1.807) is 30.5 Å². The molecule has 7 heteroatoms. The van der Waals surface area contributed by atoms with Crippen LogP contribution < -0.4 is 0 Å². The van der Waals surface area contributed by atoms with Crippen LogP contribution >= 0.6 is 11.3 Å². The second-order valence-electron chi connectivity index (χ2n) is 4.15. The molecule has 0 aliphatic carbocycles. The molecule has 0 amide bonds. The molecule has 0 spiro atoms. The van der Waals surface area contributed by atoms with Gasteiger partial charge < -0.3 is 0 Å². The molecule has 0 N–H and O–H groups in total. The number of hydrogen-bond acceptors (Lipinski definition) is 4. The van der Waals surface area contributed by atoms with Gasteiger partial charge in [-0.3, -0.25) is 9.97 Å². The van der Waals surface area contributed by atoms with Gasteiger partial charge in [-0.1, -0.05) is 6.07 Å². The average Bonchev–Trinajstić information content (AvgIpc) is 2.94. The maximum Gasteiger partial charge on any atom is 0.434 e. The van der Waals surface area contributed by atoms with Crippen LogP contribution in [0.2, 0.25) is 0 Å². The molecule has 3 aromatic rings. The maximum absolute atomic E-state index is 13.2. The molecule has 0 fully saturated rings. The molecule has 0 atom stereocenters. The normalized spacial score (nSPS) is 11.6. The second kappa shape index (κ2) is 5.25. The zero-order chi connectivity index (χ0) is 14.9. The van der Waals surface area contributed by atoms with Crippen molar-refractivity contribution in [1.82, 2.24) is 15.0 Å². The highest BCUT2D eigenvalue weighted by Crippen LogP contribution is 2.42. The summed E-state index contributed by atoms with van der Waals surface area (Å²) < 4.78 is 39.5. The van der Waals surface area contributed by atoms with Crippen molar-refractivity contribution in [1.29, 1.82) is 0 Å². The number of alkyl halides is 3. The van der Waals surface area contributed by atoms with Crippen LogP contribution in [0.25, 0.3) is 21.1 Å². The molecule has 21 heavy (non-hydrogen) atoms. The monoisotopic (exact) mass is 307 g/mol. The van der Waals surface area contributed by atoms with Gasteiger partial charge in [-0.2, -0.15) is 13.2 Å². The molecule has 0 aromatic carbocycles. The molecule has 3 heterocycles. The largest absolute Gasteiger partial charge is 0.434 e. The molecular weight excluding hydrogens is 299 g/mol. The molecule has 0 saturated heterocycles. The van der Waals surface area contributed by atoms with Gasteiger partial charge in [0.05, 0.1) is 10.6 Å². The predicted molar refractivity (Wildman–Crippen MR) is 73.6 cm³/mol. The van der Waals surface area contributed by atoms with Gasteiger partial charge in [-0.25, -0.2) is 4.98 Å². The molecule has 0 unspecified atom stereocenters. The Hall–Kier alpha value is -2.28. The summed E-state index contributed by atoms with van der Waals surface area (Å²) in [6.07, 6.45) is -0.0224. The Bertz CT molecular complexity index is 739. The molecule has 0 aliphatic rings. The van der Waals surface area contributed by atoms with Crippen LogP contribution in [0, 0.1) is 0 Å². The molecule has 3 nitrogen and oxygen atoms in total. The number of aromatic nitrogens is 3. The summed E-state index contributed by atoms with van der Waals surface area (Å²) in [4.78, 5) is 11.6. The van der Waals surface area contributed by atoms with Crippen molar-refractivity contribution in [3.63, 3.8) is 0 Å². The van der Waals surface area contributed by atoms with Gasteiger partial charge in [0, 0.05) is 24.2 Å². The van der Waals surface area contributed by atoms with Crippen molar-refractivity contribution in [2.75, 3.05) is 0 Å². The van der Waals surface area contributed by atoms with Crippen LogP contribution in [0.5, 0.6) is 0 Å². The Morgan fingerprint density at radius 2 is 1.86 bits per heavy atom. The lowest BCUT2D eigenvalue weighted by Gasteiger charge is -2.05. The van der Waals surface area contributed by atoms with Crippen LogP contribution in [-0.4, -0.2) is 15.0 Å². The minimum atomic E-state index is -4.52. The van der Waals surface area contributed by atoms with Crippen molar-refractivity contribution in [3.05, 3.63) is 54.6 Å². The molecule has 0 bridgehead atoms. The maximum atomic E-state index is 13.2. The van der Waals surface area contributed by atoms with Crippen LogP contribution in [0.1, 0.15) is 5.69 Å². The highest BCUT2D eigenvalue weighted by Gasteiger charge is 2.38. The van der Waals surface area contributed by atoms with Crippen LogP contribution in [0.15, 0.2) is 48.9 Å². The van der Waals surface area contributed by atoms with Gasteiger partial charge in [-0.05, 0) is 24.3 Å². The third-order valence-corrected chi connectivity index (χ3v) is 3.83. The van der Waals surface area contributed by atoms with Crippen molar-refractivity contribution < 1.29 is 13.2 Å². The van der Waals surface area contributed by atoms with E-state index < -0.39 is 11.9 Å². The van der Waals surface area contributed by atoms with Crippen molar-refractivity contribution in [3.8, 4) is 21.1 Å². The van der Waals surface area contributed by atoms with Gasteiger partial charge >= 0.3 is 6.18 Å². The highest BCUT2D eigenvalue weighted by molar-refractivity contribution is 7.18. The SMILES string of the molecule is FC(F)(F)c1nc(-c2cccnc2)sc1-c1ccccn1. The molecule has 0 aliphatic heterocycles. The zero-order valence-electron chi connectivity index (χ0n) is 10.5. The summed E-state index contributed by atoms with van der Waals surface area (Å²) in [5.74, 6) is 0. The van der Waals surface area contributed by atoms with Gasteiger partial charge in [0.1, 0.15) is 5.01 Å². The van der Waals surface area contributed by atoms with E-state index >= 15 is 0 Å². The number of thiazole rings is 1. The van der Waals surface area contributed by atoms with Gasteiger partial charge in [-0.15, -0.1) is 11.3 Å². The number of halogens is 3. The lowest BCUT2D eigenvalue weighted by Crippen LogP contribution is -2.07. The number of hydrogen-bond donors (Lipinski definition) is 0. The quantitative estimate of drug-likeness (QED) is 0.709. The number of rotatable bonds is 2. The van der Waals surface area contributed by atoms with Gasteiger partial charge in [0.25, 0.3) is 0 Å². The van der Waals surface area contributed by atoms with Crippen LogP contribution in [0.4, 0.5) is 13.2 Å². The van der Waals surface area contributed by atoms with E-state index in [0.717, 1.165) is 11.3 Å². The first kappa shape index (κ1) is 13.7. The molecule has 3 rings (SSSR count). The number of nitrogens with zero attached hydrogens (tertiary/aromatic N) is 3. The van der Waals surface area contributed by atoms with Crippen LogP contribution in [-0.2, 0) is 6.18 Å². The molecular formula is C14H8F3N3S. The summed E-state index contributed by atoms with van der Waals surface area (Å²) in [6, 6.07) is 8.17. The summed E-state index contributed by atoms with van der Waals surface area (Å²) in [5.41, 5.74) is -0.0994. The fourth-order valence-electron chi connectivity index (χ4n) is 1.80. The zero-order valence-corrected chi connectivity index (χ0v) is 11.3. The summed E-state index contributed by atoms with van der Waals surface area (Å²) in [7, 11) is 0. The van der Waals surface area contributed by atoms with Gasteiger partial charge in [0.15, 0.2) is 5.69 Å². The van der Waals surface area contributed by atoms with E-state index in [-0.39, 0.29) is 15.6 Å². The Balaban J connectivity index is 2.17. The van der Waals surface area contributed by atoms with E-state index in [1.807, 2.05) is 0 Å². The third-order valence-electron chi connectivity index (χ3n) is 2.70. The average molecular weight is 307 g/mol. The molecule has 0 saturated carbocycles. The summed E-state index contributed by atoms with van der Waals surface area (Å²) in [5, 5.41) is 0.274. The topological polar surface area (TPSA) is 38.7 Å². The first-order valence-corrected chi connectivity index (χ1v) is 6.77. The van der Waals surface area contributed by atoms with Crippen molar-refractivity contribution in [2.45, 2.75) is 6.18 Å². The highest BCUT2D eigenvalue weighted by atomic mass is 32.1. The molecule has 106 valence electrons. The second-order valence-corrected chi connectivity index (χ2v) is 5.15. The fraction of sp³-hybridized carbons (Fsp3) is 0.0714. The van der Waals surface area contributed by atoms with E-state index in [1.165, 1.54) is 18.5 Å². The predicted octanol–water partition coefficient (Wildman–Crippen LogP) is 4.29. The van der Waals surface area contributed by atoms with E-state index in [4.69, 9.17) is 0 Å². The lowest BCUT2D eigenvalue weighted by atomic mass is 10.2. The number of pyridine rings is 2.